The summed E-state index contributed by atoms with van der Waals surface area (Å²) in [6.07, 6.45) is 3.48. The molecule has 0 aromatic heterocycles. The van der Waals surface area contributed by atoms with Gasteiger partial charge in [0.25, 0.3) is 5.91 Å². The second-order valence-electron chi connectivity index (χ2n) is 4.49. The Morgan fingerprint density at radius 2 is 2.35 bits per heavy atom. The molecule has 0 spiro atoms. The fraction of sp³-hybridized carbons (Fsp3) is 0.462. The molecule has 1 N–H and O–H groups in total. The SMILES string of the molecule is CCCC1CC1NC(=O)c1cc(Cl)ccc1Br. The van der Waals surface area contributed by atoms with Crippen LogP contribution in [0.3, 0.4) is 0 Å². The van der Waals surface area contributed by atoms with Crippen molar-refractivity contribution >= 4 is 33.4 Å². The third kappa shape index (κ3) is 3.23. The van der Waals surface area contributed by atoms with Crippen LogP contribution >= 0.6 is 27.5 Å². The van der Waals surface area contributed by atoms with E-state index in [0.717, 1.165) is 10.9 Å². The summed E-state index contributed by atoms with van der Waals surface area (Å²) in [7, 11) is 0. The zero-order valence-corrected chi connectivity index (χ0v) is 12.0. The van der Waals surface area contributed by atoms with Crippen LogP contribution in [0.5, 0.6) is 0 Å². The summed E-state index contributed by atoms with van der Waals surface area (Å²) in [4.78, 5) is 12.0. The molecule has 4 heteroatoms. The number of nitrogens with one attached hydrogen (secondary N) is 1. The molecule has 1 aromatic rings. The van der Waals surface area contributed by atoms with Crippen molar-refractivity contribution in [2.75, 3.05) is 0 Å². The molecule has 1 saturated carbocycles. The van der Waals surface area contributed by atoms with E-state index in [-0.39, 0.29) is 5.91 Å². The summed E-state index contributed by atoms with van der Waals surface area (Å²) in [5, 5.41) is 3.63. The quantitative estimate of drug-likeness (QED) is 0.893. The van der Waals surface area contributed by atoms with Gasteiger partial charge in [-0.1, -0.05) is 24.9 Å². The largest absolute Gasteiger partial charge is 0.349 e. The van der Waals surface area contributed by atoms with E-state index in [0.29, 0.717) is 22.5 Å². The van der Waals surface area contributed by atoms with Crippen molar-refractivity contribution in [2.45, 2.75) is 32.2 Å². The van der Waals surface area contributed by atoms with Gasteiger partial charge in [0.2, 0.25) is 0 Å². The van der Waals surface area contributed by atoms with Crippen LogP contribution in [0.2, 0.25) is 5.02 Å². The van der Waals surface area contributed by atoms with E-state index in [4.69, 9.17) is 11.6 Å². The predicted molar refractivity (Wildman–Crippen MR) is 73.4 cm³/mol. The molecule has 1 amide bonds. The van der Waals surface area contributed by atoms with E-state index in [1.807, 2.05) is 0 Å². The minimum atomic E-state index is -0.0389. The first-order valence-corrected chi connectivity index (χ1v) is 7.04. The Bertz CT molecular complexity index is 435. The zero-order valence-electron chi connectivity index (χ0n) is 9.67. The molecular formula is C13H15BrClNO. The van der Waals surface area contributed by atoms with Gasteiger partial charge in [-0.3, -0.25) is 4.79 Å². The van der Waals surface area contributed by atoms with Crippen LogP contribution in [0.15, 0.2) is 22.7 Å². The molecule has 1 aliphatic rings. The fourth-order valence-corrected chi connectivity index (χ4v) is 2.63. The number of hydrogen-bond donors (Lipinski definition) is 1. The number of amides is 1. The average Bonchev–Trinajstić information content (AvgIpc) is 3.00. The fourth-order valence-electron chi connectivity index (χ4n) is 2.03. The van der Waals surface area contributed by atoms with Gasteiger partial charge < -0.3 is 5.32 Å². The highest BCUT2D eigenvalue weighted by Gasteiger charge is 2.37. The number of benzene rings is 1. The van der Waals surface area contributed by atoms with Gasteiger partial charge >= 0.3 is 0 Å². The van der Waals surface area contributed by atoms with Crippen LogP contribution in [0.1, 0.15) is 36.5 Å². The van der Waals surface area contributed by atoms with Crippen molar-refractivity contribution in [3.63, 3.8) is 0 Å². The van der Waals surface area contributed by atoms with Crippen molar-refractivity contribution in [1.29, 1.82) is 0 Å². The Labute approximate surface area is 115 Å². The average molecular weight is 317 g/mol. The third-order valence-electron chi connectivity index (χ3n) is 3.07. The second-order valence-corrected chi connectivity index (χ2v) is 5.78. The molecule has 1 fully saturated rings. The first-order valence-electron chi connectivity index (χ1n) is 5.87. The van der Waals surface area contributed by atoms with Crippen molar-refractivity contribution in [3.8, 4) is 0 Å². The highest BCUT2D eigenvalue weighted by atomic mass is 79.9. The predicted octanol–water partition coefficient (Wildman–Crippen LogP) is 4.02. The summed E-state index contributed by atoms with van der Waals surface area (Å²) in [6, 6.07) is 5.61. The third-order valence-corrected chi connectivity index (χ3v) is 4.00. The molecule has 0 bridgehead atoms. The molecular weight excluding hydrogens is 302 g/mol. The molecule has 0 aliphatic heterocycles. The monoisotopic (exact) mass is 315 g/mol. The summed E-state index contributed by atoms with van der Waals surface area (Å²) >= 11 is 9.26. The summed E-state index contributed by atoms with van der Waals surface area (Å²) in [5.41, 5.74) is 0.611. The van der Waals surface area contributed by atoms with E-state index < -0.39 is 0 Å². The minimum absolute atomic E-state index is 0.0389. The lowest BCUT2D eigenvalue weighted by Gasteiger charge is -2.06. The van der Waals surface area contributed by atoms with Crippen LogP contribution in [0, 0.1) is 5.92 Å². The first-order chi connectivity index (χ1) is 8.11. The van der Waals surface area contributed by atoms with Crippen LogP contribution in [-0.4, -0.2) is 11.9 Å². The van der Waals surface area contributed by atoms with E-state index >= 15 is 0 Å². The molecule has 1 aliphatic carbocycles. The van der Waals surface area contributed by atoms with Crippen molar-refractivity contribution in [1.82, 2.24) is 5.32 Å². The second kappa shape index (κ2) is 5.40. The van der Waals surface area contributed by atoms with Crippen LogP contribution in [-0.2, 0) is 0 Å². The van der Waals surface area contributed by atoms with Gasteiger partial charge in [0.05, 0.1) is 5.56 Å². The molecule has 92 valence electrons. The summed E-state index contributed by atoms with van der Waals surface area (Å²) < 4.78 is 0.784. The number of hydrogen-bond acceptors (Lipinski definition) is 1. The van der Waals surface area contributed by atoms with Gasteiger partial charge in [-0.25, -0.2) is 0 Å². The van der Waals surface area contributed by atoms with Gasteiger partial charge in [-0.2, -0.15) is 0 Å². The molecule has 2 rings (SSSR count). The standard InChI is InChI=1S/C13H15BrClNO/c1-2-3-8-6-12(8)16-13(17)10-7-9(15)4-5-11(10)14/h4-5,7-8,12H,2-3,6H2,1H3,(H,16,17). The molecule has 2 unspecified atom stereocenters. The Hall–Kier alpha value is -0.540. The Morgan fingerprint density at radius 3 is 3.06 bits per heavy atom. The van der Waals surface area contributed by atoms with Gasteiger partial charge in [0.1, 0.15) is 0 Å². The number of halogens is 2. The maximum Gasteiger partial charge on any atom is 0.252 e. The smallest absolute Gasteiger partial charge is 0.252 e. The summed E-state index contributed by atoms with van der Waals surface area (Å²) in [5.74, 6) is 0.630. The summed E-state index contributed by atoms with van der Waals surface area (Å²) in [6.45, 7) is 2.17. The van der Waals surface area contributed by atoms with Gasteiger partial charge in [0, 0.05) is 15.5 Å². The lowest BCUT2D eigenvalue weighted by Crippen LogP contribution is -2.27. The molecule has 0 heterocycles. The maximum absolute atomic E-state index is 12.0. The van der Waals surface area contributed by atoms with Gasteiger partial charge in [-0.15, -0.1) is 0 Å². The van der Waals surface area contributed by atoms with Gasteiger partial charge in [-0.05, 0) is 52.9 Å². The van der Waals surface area contributed by atoms with Crippen molar-refractivity contribution in [2.24, 2.45) is 5.92 Å². The maximum atomic E-state index is 12.0. The highest BCUT2D eigenvalue weighted by molar-refractivity contribution is 9.10. The zero-order chi connectivity index (χ0) is 12.4. The topological polar surface area (TPSA) is 29.1 Å². The molecule has 2 nitrogen and oxygen atoms in total. The number of carbonyl (C=O) groups is 1. The van der Waals surface area contributed by atoms with Crippen LogP contribution < -0.4 is 5.32 Å². The molecule has 1 aromatic carbocycles. The lowest BCUT2D eigenvalue weighted by atomic mass is 10.2. The number of carbonyl (C=O) groups excluding carboxylic acids is 1. The Kier molecular flexibility index (Phi) is 4.10. The van der Waals surface area contributed by atoms with Crippen molar-refractivity contribution < 1.29 is 4.79 Å². The first kappa shape index (κ1) is 12.9. The molecule has 0 saturated heterocycles. The normalized spacial score (nSPS) is 22.3. The Morgan fingerprint density at radius 1 is 1.59 bits per heavy atom. The van der Waals surface area contributed by atoms with Crippen molar-refractivity contribution in [3.05, 3.63) is 33.3 Å². The van der Waals surface area contributed by atoms with Gasteiger partial charge in [0.15, 0.2) is 0 Å². The minimum Gasteiger partial charge on any atom is -0.349 e. The van der Waals surface area contributed by atoms with E-state index in [1.165, 1.54) is 12.8 Å². The van der Waals surface area contributed by atoms with E-state index in [9.17, 15) is 4.79 Å². The molecule has 17 heavy (non-hydrogen) atoms. The van der Waals surface area contributed by atoms with E-state index in [2.05, 4.69) is 28.2 Å². The van der Waals surface area contributed by atoms with E-state index in [1.54, 1.807) is 18.2 Å². The highest BCUT2D eigenvalue weighted by Crippen LogP contribution is 2.35. The number of rotatable bonds is 4. The lowest BCUT2D eigenvalue weighted by molar-refractivity contribution is 0.0948. The molecule has 0 radical (unpaired) electrons. The Balaban J connectivity index is 1.98. The van der Waals surface area contributed by atoms with Crippen LogP contribution in [0.4, 0.5) is 0 Å². The molecule has 2 atom stereocenters. The van der Waals surface area contributed by atoms with Crippen LogP contribution in [0.25, 0.3) is 0 Å².